The van der Waals surface area contributed by atoms with Gasteiger partial charge >= 0.3 is 0 Å². The Hall–Kier alpha value is -2.40. The van der Waals surface area contributed by atoms with E-state index in [4.69, 9.17) is 10.3 Å². The maximum Gasteiger partial charge on any atom is 0.197 e. The second-order valence-corrected chi connectivity index (χ2v) is 3.56. The number of anilines is 1. The minimum atomic E-state index is 0.511. The van der Waals surface area contributed by atoms with Crippen LogP contribution in [0.25, 0.3) is 22.6 Å². The van der Waals surface area contributed by atoms with Crippen molar-refractivity contribution in [2.45, 2.75) is 0 Å². The van der Waals surface area contributed by atoms with E-state index in [1.165, 1.54) is 0 Å². The molecule has 3 rings (SSSR count). The van der Waals surface area contributed by atoms with Crippen LogP contribution in [-0.4, -0.2) is 9.97 Å². The van der Waals surface area contributed by atoms with Crippen LogP contribution in [0.1, 0.15) is 0 Å². The fraction of sp³-hybridized carbons (Fsp3) is 0. The topological polar surface area (TPSA) is 77.0 Å². The van der Waals surface area contributed by atoms with E-state index in [0.717, 1.165) is 11.0 Å². The smallest absolute Gasteiger partial charge is 0.197 e. The molecule has 0 fully saturated rings. The van der Waals surface area contributed by atoms with Crippen LogP contribution < -0.4 is 11.3 Å². The monoisotopic (exact) mass is 226 g/mol. The van der Waals surface area contributed by atoms with Crippen molar-refractivity contribution < 1.29 is 4.42 Å². The Kier molecular flexibility index (Phi) is 2.23. The highest BCUT2D eigenvalue weighted by Crippen LogP contribution is 2.25. The van der Waals surface area contributed by atoms with Crippen molar-refractivity contribution in [2.24, 2.45) is 5.84 Å². The van der Waals surface area contributed by atoms with Crippen molar-refractivity contribution in [3.8, 4) is 11.6 Å². The Labute approximate surface area is 97.3 Å². The van der Waals surface area contributed by atoms with Crippen LogP contribution in [0.2, 0.25) is 0 Å². The molecule has 0 saturated heterocycles. The standard InChI is InChI=1S/C12H10N4O/c13-16-11-5-6-14-12(15-11)10-7-8-3-1-2-4-9(8)17-10/h1-7H,13H2,(H,14,15,16). The molecule has 5 heteroatoms. The van der Waals surface area contributed by atoms with E-state index in [-0.39, 0.29) is 0 Å². The molecule has 1 aromatic carbocycles. The van der Waals surface area contributed by atoms with Gasteiger partial charge in [0.05, 0.1) is 0 Å². The molecule has 84 valence electrons. The summed E-state index contributed by atoms with van der Waals surface area (Å²) in [5.74, 6) is 6.99. The first-order valence-corrected chi connectivity index (χ1v) is 5.15. The van der Waals surface area contributed by atoms with E-state index in [9.17, 15) is 0 Å². The Morgan fingerprint density at radius 2 is 2.06 bits per heavy atom. The number of fused-ring (bicyclic) bond motifs is 1. The number of rotatable bonds is 2. The first-order valence-electron chi connectivity index (χ1n) is 5.15. The first-order chi connectivity index (χ1) is 8.36. The summed E-state index contributed by atoms with van der Waals surface area (Å²) in [4.78, 5) is 8.37. The Morgan fingerprint density at radius 1 is 1.18 bits per heavy atom. The molecule has 5 nitrogen and oxygen atoms in total. The number of furan rings is 1. The van der Waals surface area contributed by atoms with Gasteiger partial charge in [-0.25, -0.2) is 15.8 Å². The van der Waals surface area contributed by atoms with Gasteiger partial charge in [0, 0.05) is 17.6 Å². The van der Waals surface area contributed by atoms with E-state index in [2.05, 4.69) is 15.4 Å². The lowest BCUT2D eigenvalue weighted by atomic mass is 10.2. The third-order valence-electron chi connectivity index (χ3n) is 2.45. The average molecular weight is 226 g/mol. The zero-order valence-corrected chi connectivity index (χ0v) is 8.92. The summed E-state index contributed by atoms with van der Waals surface area (Å²) in [6.45, 7) is 0. The molecule has 0 amide bonds. The van der Waals surface area contributed by atoms with Crippen molar-refractivity contribution in [3.05, 3.63) is 42.6 Å². The maximum atomic E-state index is 5.66. The second kappa shape index (κ2) is 3.88. The molecule has 0 bridgehead atoms. The van der Waals surface area contributed by atoms with Gasteiger partial charge in [0.15, 0.2) is 11.6 Å². The molecule has 0 aliphatic carbocycles. The highest BCUT2D eigenvalue weighted by molar-refractivity contribution is 5.81. The summed E-state index contributed by atoms with van der Waals surface area (Å²) in [7, 11) is 0. The van der Waals surface area contributed by atoms with Gasteiger partial charge in [0.2, 0.25) is 0 Å². The van der Waals surface area contributed by atoms with Crippen molar-refractivity contribution in [3.63, 3.8) is 0 Å². The number of benzene rings is 1. The predicted octanol–water partition coefficient (Wildman–Crippen LogP) is 2.18. The zero-order valence-electron chi connectivity index (χ0n) is 8.92. The highest BCUT2D eigenvalue weighted by atomic mass is 16.3. The normalized spacial score (nSPS) is 10.6. The maximum absolute atomic E-state index is 5.66. The zero-order chi connectivity index (χ0) is 11.7. The van der Waals surface area contributed by atoms with Gasteiger partial charge in [-0.2, -0.15) is 0 Å². The number of nitrogens with one attached hydrogen (secondary N) is 1. The molecular formula is C12H10N4O. The van der Waals surface area contributed by atoms with E-state index in [0.29, 0.717) is 17.4 Å². The number of nitrogens with two attached hydrogens (primary N) is 1. The SMILES string of the molecule is NNc1ccnc(-c2cc3ccccc3o2)n1. The predicted molar refractivity (Wildman–Crippen MR) is 65.1 cm³/mol. The van der Waals surface area contributed by atoms with Gasteiger partial charge in [-0.3, -0.25) is 0 Å². The van der Waals surface area contributed by atoms with Crippen LogP contribution in [0, 0.1) is 0 Å². The quantitative estimate of drug-likeness (QED) is 0.517. The Morgan fingerprint density at radius 3 is 2.88 bits per heavy atom. The van der Waals surface area contributed by atoms with Crippen LogP contribution in [-0.2, 0) is 0 Å². The fourth-order valence-electron chi connectivity index (χ4n) is 1.65. The lowest BCUT2D eigenvalue weighted by Gasteiger charge is -1.99. The molecule has 17 heavy (non-hydrogen) atoms. The average Bonchev–Trinajstić information content (AvgIpc) is 2.82. The van der Waals surface area contributed by atoms with E-state index < -0.39 is 0 Å². The van der Waals surface area contributed by atoms with Crippen molar-refractivity contribution in [1.82, 2.24) is 9.97 Å². The first kappa shape index (κ1) is 9.80. The minimum absolute atomic E-state index is 0.511. The number of aromatic nitrogens is 2. The van der Waals surface area contributed by atoms with Crippen molar-refractivity contribution in [1.29, 1.82) is 0 Å². The summed E-state index contributed by atoms with van der Waals surface area (Å²) in [6.07, 6.45) is 1.63. The molecule has 0 saturated carbocycles. The van der Waals surface area contributed by atoms with Crippen molar-refractivity contribution in [2.75, 3.05) is 5.43 Å². The molecule has 0 unspecified atom stereocenters. The molecule has 0 aliphatic rings. The van der Waals surface area contributed by atoms with E-state index >= 15 is 0 Å². The lowest BCUT2D eigenvalue weighted by molar-refractivity contribution is 0.625. The fourth-order valence-corrected chi connectivity index (χ4v) is 1.65. The van der Waals surface area contributed by atoms with Gasteiger partial charge in [-0.1, -0.05) is 18.2 Å². The molecule has 0 aliphatic heterocycles. The number of para-hydroxylation sites is 1. The Bertz CT molecular complexity index is 629. The third kappa shape index (κ3) is 1.72. The summed E-state index contributed by atoms with van der Waals surface area (Å²) in [5, 5.41) is 1.03. The number of nitrogens with zero attached hydrogens (tertiary/aromatic N) is 2. The number of hydrogen-bond acceptors (Lipinski definition) is 5. The second-order valence-electron chi connectivity index (χ2n) is 3.56. The lowest BCUT2D eigenvalue weighted by Crippen LogP contribution is -2.08. The number of nitrogen functional groups attached to an aromatic ring is 1. The van der Waals surface area contributed by atoms with Gasteiger partial charge in [0.1, 0.15) is 11.4 Å². The summed E-state index contributed by atoms with van der Waals surface area (Å²) in [6, 6.07) is 11.4. The van der Waals surface area contributed by atoms with Crippen LogP contribution in [0.15, 0.2) is 47.0 Å². The molecule has 2 heterocycles. The Balaban J connectivity index is 2.13. The van der Waals surface area contributed by atoms with Gasteiger partial charge in [0.25, 0.3) is 0 Å². The van der Waals surface area contributed by atoms with Crippen molar-refractivity contribution >= 4 is 16.8 Å². The molecular weight excluding hydrogens is 216 g/mol. The molecule has 0 radical (unpaired) electrons. The van der Waals surface area contributed by atoms with Crippen LogP contribution in [0.3, 0.4) is 0 Å². The van der Waals surface area contributed by atoms with Crippen LogP contribution in [0.4, 0.5) is 5.82 Å². The van der Waals surface area contributed by atoms with Gasteiger partial charge < -0.3 is 9.84 Å². The highest BCUT2D eigenvalue weighted by Gasteiger charge is 2.08. The summed E-state index contributed by atoms with van der Waals surface area (Å²) in [5.41, 5.74) is 3.29. The number of hydrogen-bond donors (Lipinski definition) is 2. The van der Waals surface area contributed by atoms with Gasteiger partial charge in [-0.15, -0.1) is 0 Å². The molecule has 2 aromatic heterocycles. The summed E-state index contributed by atoms with van der Waals surface area (Å²) < 4.78 is 5.66. The minimum Gasteiger partial charge on any atom is -0.453 e. The largest absolute Gasteiger partial charge is 0.453 e. The number of hydrazine groups is 1. The van der Waals surface area contributed by atoms with E-state index in [1.54, 1.807) is 12.3 Å². The van der Waals surface area contributed by atoms with Gasteiger partial charge in [-0.05, 0) is 12.1 Å². The van der Waals surface area contributed by atoms with Crippen LogP contribution >= 0.6 is 0 Å². The molecule has 0 spiro atoms. The molecule has 3 N–H and O–H groups in total. The van der Waals surface area contributed by atoms with E-state index in [1.807, 2.05) is 30.3 Å². The summed E-state index contributed by atoms with van der Waals surface area (Å²) >= 11 is 0. The molecule has 3 aromatic rings. The molecule has 0 atom stereocenters. The van der Waals surface area contributed by atoms with Crippen LogP contribution in [0.5, 0.6) is 0 Å². The third-order valence-corrected chi connectivity index (χ3v) is 2.45.